The van der Waals surface area contributed by atoms with Crippen LogP contribution in [0.3, 0.4) is 0 Å². The standard InChI is InChI=1S/C23H25N7O3S/c1-33-19-9-3-2-6-16(19)15-24-27-22-26-23(29-28-22)34-13-11-20(31)25-17-7-4-8-18(14-17)30-12-5-10-21(30)32/h2-4,6-9,14-15H,5,10-13H2,1H3,(H,25,31)(H2,26,27,28,29)/b24-15-. The molecule has 4 rings (SSSR count). The Morgan fingerprint density at radius 1 is 1.29 bits per heavy atom. The van der Waals surface area contributed by atoms with Gasteiger partial charge in [0.25, 0.3) is 0 Å². The Hall–Kier alpha value is -3.86. The third kappa shape index (κ3) is 6.13. The first-order valence-electron chi connectivity index (χ1n) is 10.8. The summed E-state index contributed by atoms with van der Waals surface area (Å²) in [7, 11) is 1.61. The Morgan fingerprint density at radius 3 is 3.00 bits per heavy atom. The van der Waals surface area contributed by atoms with Gasteiger partial charge in [0.1, 0.15) is 5.75 Å². The van der Waals surface area contributed by atoms with Gasteiger partial charge in [-0.25, -0.2) is 10.5 Å². The SMILES string of the molecule is COc1ccccc1/C=N\Nc1nc(SCCC(=O)Nc2cccc(N3CCCC3=O)c2)n[nH]1. The highest BCUT2D eigenvalue weighted by Crippen LogP contribution is 2.24. The van der Waals surface area contributed by atoms with E-state index in [4.69, 9.17) is 4.74 Å². The zero-order valence-electron chi connectivity index (χ0n) is 18.7. The van der Waals surface area contributed by atoms with Gasteiger partial charge >= 0.3 is 0 Å². The van der Waals surface area contributed by atoms with Crippen molar-refractivity contribution in [2.45, 2.75) is 24.4 Å². The Labute approximate surface area is 201 Å². The van der Waals surface area contributed by atoms with Gasteiger partial charge in [0.15, 0.2) is 0 Å². The molecule has 2 heterocycles. The molecule has 0 radical (unpaired) electrons. The van der Waals surface area contributed by atoms with E-state index in [1.807, 2.05) is 48.5 Å². The molecule has 34 heavy (non-hydrogen) atoms. The Bertz CT molecular complexity index is 1180. The quantitative estimate of drug-likeness (QED) is 0.231. The van der Waals surface area contributed by atoms with Gasteiger partial charge in [-0.3, -0.25) is 9.59 Å². The summed E-state index contributed by atoms with van der Waals surface area (Å²) < 4.78 is 5.28. The van der Waals surface area contributed by atoms with Crippen molar-refractivity contribution < 1.29 is 14.3 Å². The molecular formula is C23H25N7O3S. The van der Waals surface area contributed by atoms with Crippen molar-refractivity contribution in [2.75, 3.05) is 35.0 Å². The lowest BCUT2D eigenvalue weighted by atomic mass is 10.2. The minimum atomic E-state index is -0.118. The van der Waals surface area contributed by atoms with Gasteiger partial charge in [0.05, 0.1) is 13.3 Å². The minimum Gasteiger partial charge on any atom is -0.496 e. The molecule has 0 atom stereocenters. The van der Waals surface area contributed by atoms with Gasteiger partial charge in [0.2, 0.25) is 22.9 Å². The number of nitrogens with one attached hydrogen (secondary N) is 3. The second kappa shape index (κ2) is 11.3. The number of carbonyl (C=O) groups excluding carboxylic acids is 2. The molecule has 1 aliphatic heterocycles. The van der Waals surface area contributed by atoms with Gasteiger partial charge in [-0.2, -0.15) is 10.1 Å². The fourth-order valence-corrected chi connectivity index (χ4v) is 4.16. The van der Waals surface area contributed by atoms with Crippen molar-refractivity contribution in [1.82, 2.24) is 15.2 Å². The molecule has 0 unspecified atom stereocenters. The second-order valence-corrected chi connectivity index (χ2v) is 8.49. The molecular weight excluding hydrogens is 454 g/mol. The van der Waals surface area contributed by atoms with Crippen molar-refractivity contribution in [2.24, 2.45) is 5.10 Å². The number of H-pyrrole nitrogens is 1. The van der Waals surface area contributed by atoms with Crippen molar-refractivity contribution in [1.29, 1.82) is 0 Å². The minimum absolute atomic E-state index is 0.116. The molecule has 2 amide bonds. The molecule has 3 N–H and O–H groups in total. The predicted octanol–water partition coefficient (Wildman–Crippen LogP) is 3.51. The highest BCUT2D eigenvalue weighted by molar-refractivity contribution is 7.99. The predicted molar refractivity (Wildman–Crippen MR) is 133 cm³/mol. The van der Waals surface area contributed by atoms with Crippen LogP contribution in [-0.2, 0) is 9.59 Å². The summed E-state index contributed by atoms with van der Waals surface area (Å²) >= 11 is 1.36. The van der Waals surface area contributed by atoms with E-state index in [0.717, 1.165) is 23.4 Å². The molecule has 3 aromatic rings. The summed E-state index contributed by atoms with van der Waals surface area (Å²) in [5.41, 5.74) is 5.10. The average Bonchev–Trinajstić information content (AvgIpc) is 3.48. The van der Waals surface area contributed by atoms with E-state index >= 15 is 0 Å². The van der Waals surface area contributed by atoms with E-state index in [9.17, 15) is 9.59 Å². The van der Waals surface area contributed by atoms with E-state index in [1.54, 1.807) is 18.2 Å². The maximum absolute atomic E-state index is 12.3. The average molecular weight is 480 g/mol. The van der Waals surface area contributed by atoms with Gasteiger partial charge < -0.3 is 15.0 Å². The number of anilines is 3. The van der Waals surface area contributed by atoms with Crippen LogP contribution >= 0.6 is 11.8 Å². The molecule has 0 aliphatic carbocycles. The molecule has 1 saturated heterocycles. The van der Waals surface area contributed by atoms with Crippen LogP contribution in [0.4, 0.5) is 17.3 Å². The van der Waals surface area contributed by atoms with E-state index in [-0.39, 0.29) is 11.8 Å². The molecule has 1 fully saturated rings. The van der Waals surface area contributed by atoms with Crippen LogP contribution in [0.5, 0.6) is 5.75 Å². The number of rotatable bonds is 10. The molecule has 10 nitrogen and oxygen atoms in total. The number of nitrogens with zero attached hydrogens (tertiary/aromatic N) is 4. The van der Waals surface area contributed by atoms with Crippen LogP contribution in [0, 0.1) is 0 Å². The molecule has 0 bridgehead atoms. The van der Waals surface area contributed by atoms with Crippen LogP contribution in [0.25, 0.3) is 0 Å². The first kappa shape index (κ1) is 23.3. The van der Waals surface area contributed by atoms with Gasteiger partial charge in [-0.05, 0) is 36.8 Å². The Morgan fingerprint density at radius 2 is 2.18 bits per heavy atom. The number of benzene rings is 2. The number of carbonyl (C=O) groups is 2. The summed E-state index contributed by atoms with van der Waals surface area (Å²) in [5, 5.41) is 14.4. The lowest BCUT2D eigenvalue weighted by Gasteiger charge is -2.16. The summed E-state index contributed by atoms with van der Waals surface area (Å²) in [6.07, 6.45) is 3.35. The van der Waals surface area contributed by atoms with E-state index in [1.165, 1.54) is 11.8 Å². The maximum atomic E-state index is 12.3. The molecule has 2 aromatic carbocycles. The topological polar surface area (TPSA) is 125 Å². The number of hydrogen-bond donors (Lipinski definition) is 3. The van der Waals surface area contributed by atoms with Crippen molar-refractivity contribution in [3.05, 3.63) is 54.1 Å². The van der Waals surface area contributed by atoms with Crippen LogP contribution in [0.15, 0.2) is 58.8 Å². The van der Waals surface area contributed by atoms with Crippen LogP contribution in [0.1, 0.15) is 24.8 Å². The number of aromatic amines is 1. The summed E-state index contributed by atoms with van der Waals surface area (Å²) in [5.74, 6) is 1.62. The highest BCUT2D eigenvalue weighted by Gasteiger charge is 2.21. The van der Waals surface area contributed by atoms with Crippen molar-refractivity contribution >= 4 is 47.1 Å². The van der Waals surface area contributed by atoms with Gasteiger partial charge in [0, 0.05) is 42.1 Å². The highest BCUT2D eigenvalue weighted by atomic mass is 32.2. The zero-order chi connectivity index (χ0) is 23.8. The smallest absolute Gasteiger partial charge is 0.240 e. The lowest BCUT2D eigenvalue weighted by Crippen LogP contribution is -2.23. The first-order valence-corrected chi connectivity index (χ1v) is 11.8. The van der Waals surface area contributed by atoms with Gasteiger partial charge in [-0.1, -0.05) is 30.0 Å². The molecule has 1 aliphatic rings. The largest absolute Gasteiger partial charge is 0.496 e. The third-order valence-corrected chi connectivity index (χ3v) is 5.90. The van der Waals surface area contributed by atoms with E-state index in [2.05, 4.69) is 31.0 Å². The Balaban J connectivity index is 1.22. The Kier molecular flexibility index (Phi) is 7.76. The summed E-state index contributed by atoms with van der Waals surface area (Å²) in [4.78, 5) is 30.3. The number of methoxy groups -OCH3 is 1. The van der Waals surface area contributed by atoms with Crippen molar-refractivity contribution in [3.63, 3.8) is 0 Å². The number of ether oxygens (including phenoxy) is 1. The van der Waals surface area contributed by atoms with Crippen LogP contribution in [0.2, 0.25) is 0 Å². The number of thioether (sulfide) groups is 1. The number of hydrazone groups is 1. The lowest BCUT2D eigenvalue weighted by molar-refractivity contribution is -0.117. The summed E-state index contributed by atoms with van der Waals surface area (Å²) in [6.45, 7) is 0.714. The number of hydrogen-bond acceptors (Lipinski definition) is 8. The molecule has 1 aromatic heterocycles. The second-order valence-electron chi connectivity index (χ2n) is 7.42. The molecule has 176 valence electrons. The number of amides is 2. The van der Waals surface area contributed by atoms with Crippen LogP contribution in [-0.4, -0.2) is 52.6 Å². The monoisotopic (exact) mass is 479 g/mol. The van der Waals surface area contributed by atoms with Crippen LogP contribution < -0.4 is 20.4 Å². The number of aromatic nitrogens is 3. The van der Waals surface area contributed by atoms with E-state index in [0.29, 0.717) is 41.9 Å². The van der Waals surface area contributed by atoms with Gasteiger partial charge in [-0.15, -0.1) is 5.10 Å². The first-order chi connectivity index (χ1) is 16.6. The normalized spacial score (nSPS) is 13.4. The summed E-state index contributed by atoms with van der Waals surface area (Å²) in [6, 6.07) is 14.9. The fourth-order valence-electron chi connectivity index (χ4n) is 3.43. The fraction of sp³-hybridized carbons (Fsp3) is 0.261. The zero-order valence-corrected chi connectivity index (χ0v) is 19.5. The van der Waals surface area contributed by atoms with E-state index < -0.39 is 0 Å². The molecule has 11 heteroatoms. The number of para-hydroxylation sites is 1. The maximum Gasteiger partial charge on any atom is 0.240 e. The van der Waals surface area contributed by atoms with Crippen molar-refractivity contribution in [3.8, 4) is 5.75 Å². The third-order valence-electron chi connectivity index (χ3n) is 5.05. The molecule has 0 saturated carbocycles. The molecule has 0 spiro atoms.